The molecule has 2 rings (SSSR count). The van der Waals surface area contributed by atoms with E-state index >= 15 is 0 Å². The molecular formula is C14H19N5OS. The summed E-state index contributed by atoms with van der Waals surface area (Å²) in [6.07, 6.45) is 2.81. The fraction of sp³-hybridized carbons (Fsp3) is 0.429. The number of hydrogen-bond acceptors (Lipinski definition) is 6. The third-order valence-electron chi connectivity index (χ3n) is 2.89. The molecule has 2 N–H and O–H groups in total. The molecule has 1 amide bonds. The Labute approximate surface area is 128 Å². The Morgan fingerprint density at radius 3 is 2.71 bits per heavy atom. The van der Waals surface area contributed by atoms with Crippen LogP contribution in [-0.4, -0.2) is 27.6 Å². The number of hydrogen-bond donors (Lipinski definition) is 2. The molecule has 0 aromatic carbocycles. The van der Waals surface area contributed by atoms with Gasteiger partial charge in [0.05, 0.1) is 6.04 Å². The molecule has 2 aromatic rings. The van der Waals surface area contributed by atoms with Gasteiger partial charge in [0, 0.05) is 17.6 Å². The van der Waals surface area contributed by atoms with Crippen LogP contribution in [0.25, 0.3) is 0 Å². The monoisotopic (exact) mass is 305 g/mol. The molecule has 0 aliphatic rings. The third kappa shape index (κ3) is 3.98. The predicted octanol–water partition coefficient (Wildman–Crippen LogP) is 2.42. The number of carbonyl (C=O) groups excluding carboxylic acids is 1. The van der Waals surface area contributed by atoms with Crippen molar-refractivity contribution in [3.8, 4) is 0 Å². The largest absolute Gasteiger partial charge is 0.369 e. The number of amides is 1. The first-order valence-corrected chi connectivity index (χ1v) is 7.78. The maximum absolute atomic E-state index is 12.1. The van der Waals surface area contributed by atoms with Gasteiger partial charge in [-0.2, -0.15) is 0 Å². The lowest BCUT2D eigenvalue weighted by Crippen LogP contribution is -2.27. The molecule has 7 heteroatoms. The highest BCUT2D eigenvalue weighted by Crippen LogP contribution is 2.20. The van der Waals surface area contributed by atoms with Crippen LogP contribution in [0.2, 0.25) is 0 Å². The van der Waals surface area contributed by atoms with Crippen LogP contribution in [0.4, 0.5) is 5.82 Å². The average molecular weight is 305 g/mol. The number of thiazole rings is 1. The average Bonchev–Trinajstić information content (AvgIpc) is 2.97. The van der Waals surface area contributed by atoms with E-state index in [1.807, 2.05) is 20.0 Å². The smallest absolute Gasteiger partial charge is 0.272 e. The summed E-state index contributed by atoms with van der Waals surface area (Å²) in [5.74, 6) is 0.418. The van der Waals surface area contributed by atoms with E-state index in [0.29, 0.717) is 11.5 Å². The summed E-state index contributed by atoms with van der Waals surface area (Å²) in [6, 6.07) is 3.26. The van der Waals surface area contributed by atoms with E-state index in [-0.39, 0.29) is 11.9 Å². The molecule has 2 aromatic heterocycles. The number of nitrogens with zero attached hydrogens (tertiary/aromatic N) is 3. The molecule has 0 bridgehead atoms. The van der Waals surface area contributed by atoms with Gasteiger partial charge in [-0.15, -0.1) is 21.5 Å². The lowest BCUT2D eigenvalue weighted by Gasteiger charge is -2.10. The Balaban J connectivity index is 1.99. The van der Waals surface area contributed by atoms with Gasteiger partial charge in [0.15, 0.2) is 5.69 Å². The van der Waals surface area contributed by atoms with Gasteiger partial charge in [0.2, 0.25) is 0 Å². The Morgan fingerprint density at radius 1 is 1.33 bits per heavy atom. The van der Waals surface area contributed by atoms with E-state index in [0.717, 1.165) is 18.0 Å². The van der Waals surface area contributed by atoms with Crippen molar-refractivity contribution in [1.82, 2.24) is 20.5 Å². The van der Waals surface area contributed by atoms with Crippen LogP contribution in [0.3, 0.4) is 0 Å². The summed E-state index contributed by atoms with van der Waals surface area (Å²) in [5, 5.41) is 14.7. The van der Waals surface area contributed by atoms with Gasteiger partial charge in [-0.3, -0.25) is 4.79 Å². The van der Waals surface area contributed by atoms with Crippen LogP contribution < -0.4 is 10.6 Å². The van der Waals surface area contributed by atoms with Crippen molar-refractivity contribution >= 4 is 23.1 Å². The van der Waals surface area contributed by atoms with Crippen molar-refractivity contribution in [1.29, 1.82) is 0 Å². The Kier molecular flexibility index (Phi) is 5.21. The highest BCUT2D eigenvalue weighted by molar-refractivity contribution is 7.11. The van der Waals surface area contributed by atoms with Crippen LogP contribution in [0, 0.1) is 0 Å². The lowest BCUT2D eigenvalue weighted by molar-refractivity contribution is 0.0934. The van der Waals surface area contributed by atoms with E-state index in [1.54, 1.807) is 23.5 Å². The zero-order valence-corrected chi connectivity index (χ0v) is 13.2. The first-order valence-electron chi connectivity index (χ1n) is 6.97. The summed E-state index contributed by atoms with van der Waals surface area (Å²) in [4.78, 5) is 17.7. The number of anilines is 1. The van der Waals surface area contributed by atoms with Gasteiger partial charge < -0.3 is 10.6 Å². The number of aromatic nitrogens is 3. The molecule has 0 radical (unpaired) electrons. The van der Waals surface area contributed by atoms with Gasteiger partial charge in [-0.1, -0.05) is 6.92 Å². The molecule has 0 saturated heterocycles. The Hall–Kier alpha value is -2.02. The standard InChI is InChI=1S/C14H19N5OS/c1-4-10-8-16-14(21-10)9(3)17-13(20)11-6-7-12(15-5-2)19-18-11/h6-9H,4-5H2,1-3H3,(H,15,19)(H,17,20). The fourth-order valence-electron chi connectivity index (χ4n) is 1.75. The molecule has 1 unspecified atom stereocenters. The highest BCUT2D eigenvalue weighted by atomic mass is 32.1. The molecule has 0 spiro atoms. The quantitative estimate of drug-likeness (QED) is 0.856. The molecule has 2 heterocycles. The molecule has 21 heavy (non-hydrogen) atoms. The van der Waals surface area contributed by atoms with E-state index in [1.165, 1.54) is 4.88 Å². The van der Waals surface area contributed by atoms with Crippen molar-refractivity contribution in [2.45, 2.75) is 33.2 Å². The van der Waals surface area contributed by atoms with E-state index in [4.69, 9.17) is 0 Å². The van der Waals surface area contributed by atoms with Crippen molar-refractivity contribution in [2.24, 2.45) is 0 Å². The molecule has 6 nitrogen and oxygen atoms in total. The minimum Gasteiger partial charge on any atom is -0.369 e. The van der Waals surface area contributed by atoms with Crippen LogP contribution in [0.1, 0.15) is 47.2 Å². The molecule has 1 atom stereocenters. The summed E-state index contributed by atoms with van der Waals surface area (Å²) in [6.45, 7) is 6.74. The van der Waals surface area contributed by atoms with Crippen LogP contribution in [0.5, 0.6) is 0 Å². The summed E-state index contributed by atoms with van der Waals surface area (Å²) < 4.78 is 0. The van der Waals surface area contributed by atoms with Gasteiger partial charge in [0.1, 0.15) is 10.8 Å². The van der Waals surface area contributed by atoms with Crippen LogP contribution in [0.15, 0.2) is 18.3 Å². The Morgan fingerprint density at radius 2 is 2.14 bits per heavy atom. The van der Waals surface area contributed by atoms with Crippen LogP contribution in [-0.2, 0) is 6.42 Å². The minimum atomic E-state index is -0.244. The molecule has 112 valence electrons. The third-order valence-corrected chi connectivity index (χ3v) is 4.22. The van der Waals surface area contributed by atoms with Crippen molar-refractivity contribution < 1.29 is 4.79 Å². The topological polar surface area (TPSA) is 79.8 Å². The molecule has 0 aliphatic carbocycles. The van der Waals surface area contributed by atoms with E-state index in [2.05, 4.69) is 32.7 Å². The second-order valence-corrected chi connectivity index (χ2v) is 5.69. The van der Waals surface area contributed by atoms with Gasteiger partial charge in [-0.25, -0.2) is 4.98 Å². The summed E-state index contributed by atoms with van der Waals surface area (Å²) in [7, 11) is 0. The maximum Gasteiger partial charge on any atom is 0.272 e. The molecule has 0 aliphatic heterocycles. The fourth-order valence-corrected chi connectivity index (χ4v) is 2.61. The summed E-state index contributed by atoms with van der Waals surface area (Å²) >= 11 is 1.62. The maximum atomic E-state index is 12.1. The molecule has 0 fully saturated rings. The zero-order chi connectivity index (χ0) is 15.2. The zero-order valence-electron chi connectivity index (χ0n) is 12.4. The first kappa shape index (κ1) is 15.4. The van der Waals surface area contributed by atoms with Gasteiger partial charge >= 0.3 is 0 Å². The number of carbonyl (C=O) groups is 1. The lowest BCUT2D eigenvalue weighted by atomic mass is 10.3. The van der Waals surface area contributed by atoms with Crippen LogP contribution >= 0.6 is 11.3 Å². The molecular weight excluding hydrogens is 286 g/mol. The van der Waals surface area contributed by atoms with E-state index in [9.17, 15) is 4.79 Å². The number of rotatable bonds is 6. The SMILES string of the molecule is CCNc1ccc(C(=O)NC(C)c2ncc(CC)s2)nn1. The number of nitrogens with one attached hydrogen (secondary N) is 2. The number of aryl methyl sites for hydroxylation is 1. The Bertz CT molecular complexity index is 596. The van der Waals surface area contributed by atoms with Gasteiger partial charge in [-0.05, 0) is 32.4 Å². The first-order chi connectivity index (χ1) is 10.1. The van der Waals surface area contributed by atoms with Gasteiger partial charge in [0.25, 0.3) is 5.91 Å². The summed E-state index contributed by atoms with van der Waals surface area (Å²) in [5.41, 5.74) is 0.302. The minimum absolute atomic E-state index is 0.141. The van der Waals surface area contributed by atoms with Crippen molar-refractivity contribution in [3.05, 3.63) is 33.9 Å². The van der Waals surface area contributed by atoms with Crippen molar-refractivity contribution in [2.75, 3.05) is 11.9 Å². The second kappa shape index (κ2) is 7.12. The van der Waals surface area contributed by atoms with Crippen molar-refractivity contribution in [3.63, 3.8) is 0 Å². The van der Waals surface area contributed by atoms with E-state index < -0.39 is 0 Å². The predicted molar refractivity (Wildman–Crippen MR) is 83.6 cm³/mol. The second-order valence-electron chi connectivity index (χ2n) is 4.55. The molecule has 0 saturated carbocycles. The highest BCUT2D eigenvalue weighted by Gasteiger charge is 2.15. The normalized spacial score (nSPS) is 12.0.